The molecule has 0 N–H and O–H groups in total. The Labute approximate surface area is 76.6 Å². The summed E-state index contributed by atoms with van der Waals surface area (Å²) in [6.07, 6.45) is 3.05. The van der Waals surface area contributed by atoms with E-state index in [0.29, 0.717) is 12.5 Å². The lowest BCUT2D eigenvalue weighted by Gasteiger charge is -2.26. The minimum Gasteiger partial charge on any atom is -0.760 e. The molecule has 1 fully saturated rings. The van der Waals surface area contributed by atoms with Crippen molar-refractivity contribution in [2.45, 2.75) is 39.2 Å². The van der Waals surface area contributed by atoms with Gasteiger partial charge in [-0.2, -0.15) is 0 Å². The summed E-state index contributed by atoms with van der Waals surface area (Å²) >= 11 is -2.00. The largest absolute Gasteiger partial charge is 0.760 e. The van der Waals surface area contributed by atoms with Crippen molar-refractivity contribution in [2.75, 3.05) is 6.54 Å². The summed E-state index contributed by atoms with van der Waals surface area (Å²) < 4.78 is 23.0. The third-order valence-corrected chi connectivity index (χ3v) is 3.12. The first-order valence-electron chi connectivity index (χ1n) is 4.47. The van der Waals surface area contributed by atoms with Crippen molar-refractivity contribution in [1.82, 2.24) is 4.31 Å². The lowest BCUT2D eigenvalue weighted by molar-refractivity contribution is 0.326. The monoisotopic (exact) mass is 190 g/mol. The van der Waals surface area contributed by atoms with Gasteiger partial charge >= 0.3 is 0 Å². The summed E-state index contributed by atoms with van der Waals surface area (Å²) in [6, 6.07) is 0.267. The van der Waals surface area contributed by atoms with E-state index in [4.69, 9.17) is 0 Å². The summed E-state index contributed by atoms with van der Waals surface area (Å²) in [7, 11) is 0. The van der Waals surface area contributed by atoms with Gasteiger partial charge in [-0.05, 0) is 25.2 Å². The second-order valence-corrected chi connectivity index (χ2v) is 4.69. The van der Waals surface area contributed by atoms with E-state index in [0.717, 1.165) is 19.3 Å². The molecule has 0 aliphatic carbocycles. The Bertz CT molecular complexity index is 172. The molecule has 12 heavy (non-hydrogen) atoms. The quantitative estimate of drug-likeness (QED) is 0.629. The summed E-state index contributed by atoms with van der Waals surface area (Å²) in [5, 5.41) is 0. The molecule has 2 atom stereocenters. The van der Waals surface area contributed by atoms with Gasteiger partial charge in [0.05, 0.1) is 0 Å². The molecular weight excluding hydrogens is 174 g/mol. The summed E-state index contributed by atoms with van der Waals surface area (Å²) in [4.78, 5) is 0. The van der Waals surface area contributed by atoms with Gasteiger partial charge in [0.2, 0.25) is 0 Å². The molecule has 0 aromatic heterocycles. The van der Waals surface area contributed by atoms with Crippen LogP contribution in [0.1, 0.15) is 33.1 Å². The van der Waals surface area contributed by atoms with Crippen molar-refractivity contribution in [1.29, 1.82) is 0 Å². The Hall–Kier alpha value is 0.0700. The van der Waals surface area contributed by atoms with Crippen molar-refractivity contribution in [3.8, 4) is 0 Å². The van der Waals surface area contributed by atoms with Crippen LogP contribution in [0.25, 0.3) is 0 Å². The number of nitrogens with zero attached hydrogens (tertiary/aromatic N) is 1. The maximum Gasteiger partial charge on any atom is 0.0218 e. The van der Waals surface area contributed by atoms with Crippen molar-refractivity contribution in [3.63, 3.8) is 0 Å². The Morgan fingerprint density at radius 1 is 1.67 bits per heavy atom. The molecule has 1 rings (SSSR count). The molecule has 3 nitrogen and oxygen atoms in total. The molecule has 1 aliphatic heterocycles. The summed E-state index contributed by atoms with van der Waals surface area (Å²) in [5.74, 6) is 0.583. The highest BCUT2D eigenvalue weighted by atomic mass is 32.2. The van der Waals surface area contributed by atoms with Crippen LogP contribution in [0.5, 0.6) is 0 Å². The van der Waals surface area contributed by atoms with E-state index >= 15 is 0 Å². The van der Waals surface area contributed by atoms with Gasteiger partial charge in [-0.25, -0.2) is 4.31 Å². The maximum absolute atomic E-state index is 10.7. The van der Waals surface area contributed by atoms with Crippen LogP contribution in [-0.2, 0) is 11.3 Å². The minimum absolute atomic E-state index is 0.267. The Kier molecular flexibility index (Phi) is 3.68. The van der Waals surface area contributed by atoms with E-state index in [1.807, 2.05) is 0 Å². The Morgan fingerprint density at radius 2 is 2.33 bits per heavy atom. The lowest BCUT2D eigenvalue weighted by atomic mass is 10.0. The second-order valence-electron chi connectivity index (χ2n) is 3.78. The topological polar surface area (TPSA) is 43.4 Å². The standard InChI is InChI=1S/C8H17NO2S/c1-7(2)6-8-4-3-5-9(8)12(10)11/h7-8H,3-6H2,1-2H3,(H,10,11)/p-1. The molecule has 0 aromatic carbocycles. The SMILES string of the molecule is CC(C)CC1CCCN1S(=O)[O-]. The molecule has 2 unspecified atom stereocenters. The normalized spacial score (nSPS) is 28.2. The number of hydrogen-bond acceptors (Lipinski definition) is 2. The van der Waals surface area contributed by atoms with Crippen LogP contribution in [0, 0.1) is 5.92 Å². The van der Waals surface area contributed by atoms with Gasteiger partial charge in [0.15, 0.2) is 0 Å². The zero-order chi connectivity index (χ0) is 9.14. The Balaban J connectivity index is 2.46. The Morgan fingerprint density at radius 3 is 2.83 bits per heavy atom. The first kappa shape index (κ1) is 10.2. The van der Waals surface area contributed by atoms with Crippen LogP contribution in [0.15, 0.2) is 0 Å². The second kappa shape index (κ2) is 4.35. The molecular formula is C8H16NO2S-. The first-order chi connectivity index (χ1) is 5.61. The average molecular weight is 190 g/mol. The number of hydrogen-bond donors (Lipinski definition) is 0. The van der Waals surface area contributed by atoms with E-state index in [-0.39, 0.29) is 6.04 Å². The first-order valence-corrected chi connectivity index (χ1v) is 5.50. The third-order valence-electron chi connectivity index (χ3n) is 2.26. The van der Waals surface area contributed by atoms with Gasteiger partial charge in [0.1, 0.15) is 0 Å². The summed E-state index contributed by atoms with van der Waals surface area (Å²) in [6.45, 7) is 4.97. The molecule has 0 radical (unpaired) electrons. The van der Waals surface area contributed by atoms with Crippen LogP contribution < -0.4 is 0 Å². The van der Waals surface area contributed by atoms with E-state index in [1.54, 1.807) is 4.31 Å². The highest BCUT2D eigenvalue weighted by Crippen LogP contribution is 2.23. The predicted octanol–water partition coefficient (Wildman–Crippen LogP) is 1.29. The van der Waals surface area contributed by atoms with Crippen molar-refractivity contribution in [3.05, 3.63) is 0 Å². The third kappa shape index (κ3) is 2.54. The van der Waals surface area contributed by atoms with Crippen molar-refractivity contribution >= 4 is 11.3 Å². The minimum atomic E-state index is -2.00. The summed E-state index contributed by atoms with van der Waals surface area (Å²) in [5.41, 5.74) is 0. The smallest absolute Gasteiger partial charge is 0.0218 e. The average Bonchev–Trinajstić information content (AvgIpc) is 2.33. The van der Waals surface area contributed by atoms with Crippen LogP contribution in [0.3, 0.4) is 0 Å². The van der Waals surface area contributed by atoms with Crippen molar-refractivity contribution in [2.24, 2.45) is 5.92 Å². The van der Waals surface area contributed by atoms with E-state index < -0.39 is 11.3 Å². The highest BCUT2D eigenvalue weighted by Gasteiger charge is 2.25. The molecule has 72 valence electrons. The predicted molar refractivity (Wildman–Crippen MR) is 48.1 cm³/mol. The molecule has 0 spiro atoms. The fourth-order valence-electron chi connectivity index (χ4n) is 1.79. The van der Waals surface area contributed by atoms with Gasteiger partial charge in [-0.15, -0.1) is 0 Å². The van der Waals surface area contributed by atoms with Crippen LogP contribution in [-0.4, -0.2) is 25.7 Å². The van der Waals surface area contributed by atoms with Gasteiger partial charge in [0.25, 0.3) is 0 Å². The van der Waals surface area contributed by atoms with Crippen LogP contribution in [0.4, 0.5) is 0 Å². The van der Waals surface area contributed by atoms with Gasteiger partial charge in [-0.1, -0.05) is 13.8 Å². The highest BCUT2D eigenvalue weighted by molar-refractivity contribution is 7.76. The fraction of sp³-hybridized carbons (Fsp3) is 1.00. The van der Waals surface area contributed by atoms with Crippen LogP contribution in [0.2, 0.25) is 0 Å². The molecule has 1 saturated heterocycles. The maximum atomic E-state index is 10.7. The molecule has 0 bridgehead atoms. The number of rotatable bonds is 3. The molecule has 4 heteroatoms. The fourth-order valence-corrected chi connectivity index (χ4v) is 2.50. The van der Waals surface area contributed by atoms with Gasteiger partial charge in [0, 0.05) is 23.9 Å². The van der Waals surface area contributed by atoms with Gasteiger partial charge in [-0.3, -0.25) is 4.21 Å². The van der Waals surface area contributed by atoms with Crippen LogP contribution >= 0.6 is 0 Å². The van der Waals surface area contributed by atoms with E-state index in [1.165, 1.54) is 0 Å². The molecule has 1 heterocycles. The van der Waals surface area contributed by atoms with Gasteiger partial charge < -0.3 is 4.55 Å². The van der Waals surface area contributed by atoms with Crippen molar-refractivity contribution < 1.29 is 8.76 Å². The molecule has 0 aromatic rings. The van der Waals surface area contributed by atoms with E-state index in [9.17, 15) is 8.76 Å². The molecule has 1 aliphatic rings. The molecule has 0 saturated carbocycles. The zero-order valence-corrected chi connectivity index (χ0v) is 8.47. The molecule has 0 amide bonds. The lowest BCUT2D eigenvalue weighted by Crippen LogP contribution is -2.31. The van der Waals surface area contributed by atoms with E-state index in [2.05, 4.69) is 13.8 Å². The zero-order valence-electron chi connectivity index (χ0n) is 7.66.